The van der Waals surface area contributed by atoms with Crippen molar-refractivity contribution in [2.45, 2.75) is 58.5 Å². The lowest BCUT2D eigenvalue weighted by Gasteiger charge is -2.34. The number of carbonyl (C=O) groups excluding carboxylic acids is 1. The zero-order valence-corrected chi connectivity index (χ0v) is 15.7. The smallest absolute Gasteiger partial charge is 0.338 e. The minimum atomic E-state index is -0.296. The molecule has 0 unspecified atom stereocenters. The third kappa shape index (κ3) is 4.70. The maximum atomic E-state index is 12.0. The van der Waals surface area contributed by atoms with Gasteiger partial charge in [-0.3, -0.25) is 4.90 Å². The highest BCUT2D eigenvalue weighted by Gasteiger charge is 2.22. The van der Waals surface area contributed by atoms with Crippen molar-refractivity contribution in [1.29, 1.82) is 0 Å². The first-order valence-corrected chi connectivity index (χ1v) is 9.35. The molecule has 2 N–H and O–H groups in total. The highest BCUT2D eigenvalue weighted by Crippen LogP contribution is 2.29. The van der Waals surface area contributed by atoms with Crippen LogP contribution in [0.25, 0.3) is 0 Å². The van der Waals surface area contributed by atoms with Gasteiger partial charge in [-0.15, -0.1) is 0 Å². The van der Waals surface area contributed by atoms with Gasteiger partial charge in [-0.05, 0) is 59.9 Å². The molecule has 1 aliphatic rings. The zero-order valence-electron chi connectivity index (χ0n) is 14.1. The summed E-state index contributed by atoms with van der Waals surface area (Å²) in [5.41, 5.74) is 8.50. The summed E-state index contributed by atoms with van der Waals surface area (Å²) in [6.45, 7) is 6.14. The molecule has 128 valence electrons. The van der Waals surface area contributed by atoms with Crippen LogP contribution in [0.4, 0.5) is 5.69 Å². The number of halogens is 1. The van der Waals surface area contributed by atoms with Gasteiger partial charge in [-0.2, -0.15) is 0 Å². The van der Waals surface area contributed by atoms with Crippen LogP contribution >= 0.6 is 15.9 Å². The van der Waals surface area contributed by atoms with Gasteiger partial charge in [0.1, 0.15) is 0 Å². The van der Waals surface area contributed by atoms with Crippen LogP contribution in [0, 0.1) is 0 Å². The zero-order chi connectivity index (χ0) is 16.8. The van der Waals surface area contributed by atoms with Crippen LogP contribution in [-0.4, -0.2) is 30.1 Å². The van der Waals surface area contributed by atoms with Gasteiger partial charge in [0.05, 0.1) is 17.9 Å². The van der Waals surface area contributed by atoms with E-state index in [0.717, 1.165) is 23.1 Å². The molecule has 0 aliphatic heterocycles. The molecule has 0 amide bonds. The molecule has 0 radical (unpaired) electrons. The fraction of sp³-hybridized carbons (Fsp3) is 0.611. The second kappa shape index (κ2) is 8.69. The van der Waals surface area contributed by atoms with E-state index in [0.29, 0.717) is 23.9 Å². The SMILES string of the molecule is CCOC(=O)c1cc(Br)c(N)c(CN(CC)C2CCCCC2)c1. The maximum absolute atomic E-state index is 12.0. The van der Waals surface area contributed by atoms with Crippen LogP contribution in [-0.2, 0) is 11.3 Å². The first kappa shape index (κ1) is 18.3. The highest BCUT2D eigenvalue weighted by atomic mass is 79.9. The Morgan fingerprint density at radius 1 is 1.30 bits per heavy atom. The molecule has 1 aliphatic carbocycles. The summed E-state index contributed by atoms with van der Waals surface area (Å²) >= 11 is 3.47. The van der Waals surface area contributed by atoms with Crippen molar-refractivity contribution in [2.75, 3.05) is 18.9 Å². The minimum Gasteiger partial charge on any atom is -0.462 e. The van der Waals surface area contributed by atoms with Crippen molar-refractivity contribution in [3.05, 3.63) is 27.7 Å². The molecular weight excluding hydrogens is 356 g/mol. The fourth-order valence-corrected chi connectivity index (χ4v) is 3.80. The molecule has 1 aromatic carbocycles. The molecule has 0 heterocycles. The van der Waals surface area contributed by atoms with Crippen molar-refractivity contribution in [3.8, 4) is 0 Å². The minimum absolute atomic E-state index is 0.296. The van der Waals surface area contributed by atoms with Gasteiger partial charge in [0.25, 0.3) is 0 Å². The predicted octanol–water partition coefficient (Wildman–Crippen LogP) is 4.36. The lowest BCUT2D eigenvalue weighted by atomic mass is 9.93. The normalized spacial score (nSPS) is 15.8. The van der Waals surface area contributed by atoms with E-state index < -0.39 is 0 Å². The van der Waals surface area contributed by atoms with Crippen LogP contribution < -0.4 is 5.73 Å². The molecule has 0 bridgehead atoms. The van der Waals surface area contributed by atoms with Crippen molar-refractivity contribution < 1.29 is 9.53 Å². The number of esters is 1. The van der Waals surface area contributed by atoms with Crippen LogP contribution in [0.15, 0.2) is 16.6 Å². The summed E-state index contributed by atoms with van der Waals surface area (Å²) in [6.07, 6.45) is 6.48. The Kier molecular flexibility index (Phi) is 6.90. The van der Waals surface area contributed by atoms with Crippen molar-refractivity contribution in [3.63, 3.8) is 0 Å². The van der Waals surface area contributed by atoms with Crippen LogP contribution in [0.2, 0.25) is 0 Å². The molecular formula is C18H27BrN2O2. The maximum Gasteiger partial charge on any atom is 0.338 e. The number of nitrogens with two attached hydrogens (primary N) is 1. The van der Waals surface area contributed by atoms with Crippen molar-refractivity contribution in [1.82, 2.24) is 4.90 Å². The molecule has 0 saturated heterocycles. The second-order valence-electron chi connectivity index (χ2n) is 6.11. The molecule has 1 fully saturated rings. The van der Waals surface area contributed by atoms with E-state index in [1.165, 1.54) is 32.1 Å². The van der Waals surface area contributed by atoms with E-state index in [4.69, 9.17) is 10.5 Å². The number of nitrogens with zero attached hydrogens (tertiary/aromatic N) is 1. The predicted molar refractivity (Wildman–Crippen MR) is 97.5 cm³/mol. The highest BCUT2D eigenvalue weighted by molar-refractivity contribution is 9.10. The number of nitrogen functional groups attached to an aromatic ring is 1. The summed E-state index contributed by atoms with van der Waals surface area (Å²) in [4.78, 5) is 14.5. The number of benzene rings is 1. The average molecular weight is 383 g/mol. The molecule has 0 spiro atoms. The lowest BCUT2D eigenvalue weighted by molar-refractivity contribution is 0.0526. The van der Waals surface area contributed by atoms with Gasteiger partial charge in [-0.1, -0.05) is 26.2 Å². The van der Waals surface area contributed by atoms with Gasteiger partial charge < -0.3 is 10.5 Å². The van der Waals surface area contributed by atoms with Gasteiger partial charge in [0.2, 0.25) is 0 Å². The second-order valence-corrected chi connectivity index (χ2v) is 6.96. The van der Waals surface area contributed by atoms with Crippen LogP contribution in [0.1, 0.15) is 61.9 Å². The van der Waals surface area contributed by atoms with Gasteiger partial charge in [0, 0.05) is 17.1 Å². The Balaban J connectivity index is 2.21. The summed E-state index contributed by atoms with van der Waals surface area (Å²) in [5, 5.41) is 0. The monoisotopic (exact) mass is 382 g/mol. The van der Waals surface area contributed by atoms with Crippen LogP contribution in [0.5, 0.6) is 0 Å². The fourth-order valence-electron chi connectivity index (χ4n) is 3.30. The molecule has 1 aromatic rings. The molecule has 0 atom stereocenters. The quantitative estimate of drug-likeness (QED) is 0.586. The number of hydrogen-bond donors (Lipinski definition) is 1. The average Bonchev–Trinajstić information content (AvgIpc) is 2.57. The van der Waals surface area contributed by atoms with E-state index in [1.807, 2.05) is 13.0 Å². The third-order valence-electron chi connectivity index (χ3n) is 4.60. The Bertz CT molecular complexity index is 542. The Morgan fingerprint density at radius 2 is 2.00 bits per heavy atom. The molecule has 23 heavy (non-hydrogen) atoms. The summed E-state index contributed by atoms with van der Waals surface area (Å²) in [5.74, 6) is -0.296. The first-order chi connectivity index (χ1) is 11.1. The standard InChI is InChI=1S/C18H27BrN2O2/c1-3-21(15-8-6-5-7-9-15)12-14-10-13(18(22)23-4-2)11-16(19)17(14)20/h10-11,15H,3-9,12,20H2,1-2H3. The number of anilines is 1. The Morgan fingerprint density at radius 3 is 2.61 bits per heavy atom. The summed E-state index contributed by atoms with van der Waals surface area (Å²) < 4.78 is 5.87. The van der Waals surface area contributed by atoms with E-state index in [2.05, 4.69) is 27.8 Å². The molecule has 5 heteroatoms. The van der Waals surface area contributed by atoms with E-state index in [9.17, 15) is 4.79 Å². The molecule has 4 nitrogen and oxygen atoms in total. The Labute approximate surface area is 147 Å². The number of carbonyl (C=O) groups is 1. The van der Waals surface area contributed by atoms with Gasteiger partial charge in [-0.25, -0.2) is 4.79 Å². The largest absolute Gasteiger partial charge is 0.462 e. The van der Waals surface area contributed by atoms with Crippen molar-refractivity contribution >= 4 is 27.6 Å². The first-order valence-electron chi connectivity index (χ1n) is 8.55. The van der Waals surface area contributed by atoms with E-state index >= 15 is 0 Å². The Hall–Kier alpha value is -1.07. The number of hydrogen-bond acceptors (Lipinski definition) is 4. The van der Waals surface area contributed by atoms with Gasteiger partial charge >= 0.3 is 5.97 Å². The number of rotatable bonds is 6. The lowest BCUT2D eigenvalue weighted by Crippen LogP contribution is -2.36. The van der Waals surface area contributed by atoms with Crippen LogP contribution in [0.3, 0.4) is 0 Å². The van der Waals surface area contributed by atoms with Gasteiger partial charge in [0.15, 0.2) is 0 Å². The third-order valence-corrected chi connectivity index (χ3v) is 5.25. The van der Waals surface area contributed by atoms with E-state index in [1.54, 1.807) is 6.07 Å². The molecule has 0 aromatic heterocycles. The number of ether oxygens (including phenoxy) is 1. The van der Waals surface area contributed by atoms with Crippen molar-refractivity contribution in [2.24, 2.45) is 0 Å². The molecule has 2 rings (SSSR count). The topological polar surface area (TPSA) is 55.6 Å². The molecule has 1 saturated carbocycles. The summed E-state index contributed by atoms with van der Waals surface area (Å²) in [6, 6.07) is 4.25. The van der Waals surface area contributed by atoms with E-state index in [-0.39, 0.29) is 5.97 Å². The summed E-state index contributed by atoms with van der Waals surface area (Å²) in [7, 11) is 0.